The molecule has 1 aliphatic rings. The molecule has 3 rings (SSSR count). The number of hydrogen-bond donors (Lipinski definition) is 1. The zero-order valence-corrected chi connectivity index (χ0v) is 18.4. The van der Waals surface area contributed by atoms with Gasteiger partial charge in [0.2, 0.25) is 10.0 Å². The largest absolute Gasteiger partial charge is 0.497 e. The number of Topliss-reactive ketones (excluding diaryl/α,β-unsaturated/α-hetero) is 1. The Morgan fingerprint density at radius 3 is 2.33 bits per heavy atom. The van der Waals surface area contributed by atoms with Gasteiger partial charge in [0.1, 0.15) is 11.5 Å². The molecular weight excluding hydrogens is 404 g/mol. The van der Waals surface area contributed by atoms with E-state index in [2.05, 4.69) is 12.2 Å². The molecule has 0 aromatic heterocycles. The lowest BCUT2D eigenvalue weighted by Gasteiger charge is -2.29. The van der Waals surface area contributed by atoms with Gasteiger partial charge >= 0.3 is 0 Å². The van der Waals surface area contributed by atoms with Gasteiger partial charge in [-0.25, -0.2) is 8.42 Å². The molecule has 0 saturated carbocycles. The van der Waals surface area contributed by atoms with Crippen LogP contribution in [0.1, 0.15) is 30.1 Å². The first kappa shape index (κ1) is 22.1. The summed E-state index contributed by atoms with van der Waals surface area (Å²) >= 11 is 0. The second-order valence-corrected chi connectivity index (χ2v) is 9.39. The fourth-order valence-electron chi connectivity index (χ4n) is 3.41. The van der Waals surface area contributed by atoms with Crippen LogP contribution >= 0.6 is 0 Å². The number of carbonyl (C=O) groups excluding carboxylic acids is 1. The molecule has 1 N–H and O–H groups in total. The Kier molecular flexibility index (Phi) is 6.99. The molecule has 0 aliphatic carbocycles. The van der Waals surface area contributed by atoms with Gasteiger partial charge in [-0.2, -0.15) is 4.31 Å². The normalized spacial score (nSPS) is 15.6. The van der Waals surface area contributed by atoms with E-state index < -0.39 is 10.0 Å². The number of nitrogens with one attached hydrogen (secondary N) is 1. The molecule has 7 nitrogen and oxygen atoms in total. The number of carbonyl (C=O) groups is 1. The van der Waals surface area contributed by atoms with Crippen LogP contribution in [0.4, 0.5) is 5.69 Å². The third kappa shape index (κ3) is 4.94. The van der Waals surface area contributed by atoms with Crippen molar-refractivity contribution in [3.63, 3.8) is 0 Å². The first-order chi connectivity index (χ1) is 14.3. The molecule has 0 unspecified atom stereocenters. The topological polar surface area (TPSA) is 84.9 Å². The van der Waals surface area contributed by atoms with Gasteiger partial charge < -0.3 is 14.8 Å². The Morgan fingerprint density at radius 2 is 1.73 bits per heavy atom. The van der Waals surface area contributed by atoms with E-state index in [1.54, 1.807) is 44.6 Å². The summed E-state index contributed by atoms with van der Waals surface area (Å²) in [6, 6.07) is 11.4. The third-order valence-corrected chi connectivity index (χ3v) is 7.32. The maximum Gasteiger partial charge on any atom is 0.243 e. The molecular formula is C22H28N2O5S. The summed E-state index contributed by atoms with van der Waals surface area (Å²) in [6.07, 6.45) is 1.74. The molecule has 8 heteroatoms. The summed E-state index contributed by atoms with van der Waals surface area (Å²) in [5, 5.41) is 3.06. The Morgan fingerprint density at radius 1 is 1.07 bits per heavy atom. The van der Waals surface area contributed by atoms with Crippen LogP contribution in [0.5, 0.6) is 11.5 Å². The van der Waals surface area contributed by atoms with Crippen LogP contribution in [0.25, 0.3) is 0 Å². The van der Waals surface area contributed by atoms with E-state index >= 15 is 0 Å². The van der Waals surface area contributed by atoms with Crippen molar-refractivity contribution < 1.29 is 22.7 Å². The summed E-state index contributed by atoms with van der Waals surface area (Å²) in [5.41, 5.74) is 1.12. The average Bonchev–Trinajstić information content (AvgIpc) is 2.77. The van der Waals surface area contributed by atoms with Crippen molar-refractivity contribution in [3.05, 3.63) is 48.0 Å². The Hall–Kier alpha value is -2.58. The number of ether oxygens (including phenoxy) is 2. The summed E-state index contributed by atoms with van der Waals surface area (Å²) in [7, 11) is -0.405. The van der Waals surface area contributed by atoms with Crippen LogP contribution in [0.2, 0.25) is 0 Å². The van der Waals surface area contributed by atoms with E-state index in [0.717, 1.165) is 12.8 Å². The maximum absolute atomic E-state index is 12.8. The molecule has 1 heterocycles. The monoisotopic (exact) mass is 432 g/mol. The van der Waals surface area contributed by atoms with Crippen molar-refractivity contribution in [1.82, 2.24) is 4.31 Å². The lowest BCUT2D eigenvalue weighted by molar-refractivity contribution is 0.101. The number of ketones is 1. The van der Waals surface area contributed by atoms with Crippen molar-refractivity contribution in [2.75, 3.05) is 39.2 Å². The number of piperidine rings is 1. The Labute approximate surface area is 178 Å². The number of anilines is 1. The van der Waals surface area contributed by atoms with Crippen molar-refractivity contribution in [2.24, 2.45) is 5.92 Å². The molecule has 0 spiro atoms. The van der Waals surface area contributed by atoms with Crippen LogP contribution in [0, 0.1) is 5.92 Å². The summed E-state index contributed by atoms with van der Waals surface area (Å²) < 4.78 is 37.6. The third-order valence-electron chi connectivity index (χ3n) is 5.40. The molecule has 0 atom stereocenters. The van der Waals surface area contributed by atoms with Crippen molar-refractivity contribution in [3.8, 4) is 11.5 Å². The minimum absolute atomic E-state index is 0.0544. The molecule has 0 bridgehead atoms. The predicted octanol–water partition coefficient (Wildman–Crippen LogP) is 3.42. The smallest absolute Gasteiger partial charge is 0.243 e. The van der Waals surface area contributed by atoms with E-state index in [4.69, 9.17) is 9.47 Å². The fraction of sp³-hybridized carbons (Fsp3) is 0.409. The molecule has 1 aliphatic heterocycles. The molecule has 162 valence electrons. The van der Waals surface area contributed by atoms with Gasteiger partial charge in [0.15, 0.2) is 5.78 Å². The van der Waals surface area contributed by atoms with Crippen molar-refractivity contribution in [2.45, 2.75) is 24.7 Å². The van der Waals surface area contributed by atoms with Gasteiger partial charge in [0, 0.05) is 24.7 Å². The van der Waals surface area contributed by atoms with Gasteiger partial charge in [-0.15, -0.1) is 0 Å². The highest BCUT2D eigenvalue weighted by atomic mass is 32.2. The van der Waals surface area contributed by atoms with Gasteiger partial charge in [-0.3, -0.25) is 4.79 Å². The number of rotatable bonds is 8. The summed E-state index contributed by atoms with van der Waals surface area (Å²) in [6.45, 7) is 3.27. The van der Waals surface area contributed by atoms with Gasteiger partial charge in [-0.1, -0.05) is 6.92 Å². The van der Waals surface area contributed by atoms with Gasteiger partial charge in [0.25, 0.3) is 0 Å². The van der Waals surface area contributed by atoms with E-state index in [1.165, 1.54) is 16.4 Å². The molecule has 2 aromatic rings. The van der Waals surface area contributed by atoms with Crippen molar-refractivity contribution in [1.29, 1.82) is 0 Å². The van der Waals surface area contributed by atoms with E-state index in [0.29, 0.717) is 41.8 Å². The van der Waals surface area contributed by atoms with Crippen LogP contribution in [-0.2, 0) is 10.0 Å². The maximum atomic E-state index is 12.8. The Bertz CT molecular complexity index is 981. The number of benzene rings is 2. The number of methoxy groups -OCH3 is 2. The lowest BCUT2D eigenvalue weighted by Crippen LogP contribution is -2.37. The van der Waals surface area contributed by atoms with Crippen LogP contribution in [0.15, 0.2) is 47.4 Å². The minimum atomic E-state index is -3.52. The molecule has 0 radical (unpaired) electrons. The molecule has 0 amide bonds. The average molecular weight is 433 g/mol. The number of hydrogen-bond acceptors (Lipinski definition) is 6. The van der Waals surface area contributed by atoms with Crippen LogP contribution in [0.3, 0.4) is 0 Å². The second-order valence-electron chi connectivity index (χ2n) is 7.45. The quantitative estimate of drug-likeness (QED) is 0.644. The zero-order valence-electron chi connectivity index (χ0n) is 17.6. The lowest BCUT2D eigenvalue weighted by atomic mass is 10.0. The van der Waals surface area contributed by atoms with Crippen molar-refractivity contribution >= 4 is 21.5 Å². The molecule has 2 aromatic carbocycles. The van der Waals surface area contributed by atoms with Gasteiger partial charge in [0.05, 0.1) is 31.3 Å². The fourth-order valence-corrected chi connectivity index (χ4v) is 4.88. The SMILES string of the molecule is COc1ccc(NCC(=O)c2ccc(S(=O)(=O)N3CCC(C)CC3)cc2)c(OC)c1. The van der Waals surface area contributed by atoms with Gasteiger partial charge in [-0.05, 0) is 55.2 Å². The highest BCUT2D eigenvalue weighted by Crippen LogP contribution is 2.29. The highest BCUT2D eigenvalue weighted by Gasteiger charge is 2.28. The van der Waals surface area contributed by atoms with E-state index in [-0.39, 0.29) is 17.2 Å². The standard InChI is InChI=1S/C22H28N2O5S/c1-16-10-12-24(13-11-16)30(26,27)19-7-4-17(5-8-19)21(25)15-23-20-9-6-18(28-2)14-22(20)29-3/h4-9,14,16,23H,10-13,15H2,1-3H3. The second kappa shape index (κ2) is 9.49. The van der Waals surface area contributed by atoms with Crippen LogP contribution in [-0.4, -0.2) is 52.4 Å². The molecule has 1 fully saturated rings. The zero-order chi connectivity index (χ0) is 21.7. The predicted molar refractivity (Wildman–Crippen MR) is 116 cm³/mol. The van der Waals surface area contributed by atoms with E-state index in [9.17, 15) is 13.2 Å². The number of nitrogens with zero attached hydrogens (tertiary/aromatic N) is 1. The van der Waals surface area contributed by atoms with E-state index in [1.807, 2.05) is 0 Å². The summed E-state index contributed by atoms with van der Waals surface area (Å²) in [4.78, 5) is 12.8. The molecule has 1 saturated heterocycles. The first-order valence-electron chi connectivity index (χ1n) is 9.94. The number of sulfonamides is 1. The summed E-state index contributed by atoms with van der Waals surface area (Å²) in [5.74, 6) is 1.63. The highest BCUT2D eigenvalue weighted by molar-refractivity contribution is 7.89. The Balaban J connectivity index is 1.65. The molecule has 30 heavy (non-hydrogen) atoms. The minimum Gasteiger partial charge on any atom is -0.497 e. The van der Waals surface area contributed by atoms with Crippen LogP contribution < -0.4 is 14.8 Å². The first-order valence-corrected chi connectivity index (χ1v) is 11.4.